The van der Waals surface area contributed by atoms with Crippen molar-refractivity contribution in [1.29, 1.82) is 0 Å². The molecular formula is C14H15N3O3S3. The molecule has 23 heavy (non-hydrogen) atoms. The third-order valence-electron chi connectivity index (χ3n) is 3.20. The van der Waals surface area contributed by atoms with Crippen molar-refractivity contribution in [2.45, 2.75) is 29.7 Å². The number of rotatable bonds is 4. The van der Waals surface area contributed by atoms with Gasteiger partial charge in [-0.3, -0.25) is 4.79 Å². The predicted molar refractivity (Wildman–Crippen MR) is 91.3 cm³/mol. The molecule has 0 saturated carbocycles. The summed E-state index contributed by atoms with van der Waals surface area (Å²) in [6, 6.07) is 4.79. The van der Waals surface area contributed by atoms with Gasteiger partial charge in [0, 0.05) is 28.1 Å². The fourth-order valence-corrected chi connectivity index (χ4v) is 4.84. The summed E-state index contributed by atoms with van der Waals surface area (Å²) < 4.78 is 27.4. The Morgan fingerprint density at radius 1 is 1.39 bits per heavy atom. The Bertz CT molecular complexity index is 846. The van der Waals surface area contributed by atoms with E-state index >= 15 is 0 Å². The molecule has 1 aromatic carbocycles. The molecule has 122 valence electrons. The number of nitrogens with zero attached hydrogens (tertiary/aromatic N) is 1. The van der Waals surface area contributed by atoms with Crippen LogP contribution in [-0.4, -0.2) is 25.1 Å². The van der Waals surface area contributed by atoms with Crippen LogP contribution in [0.5, 0.6) is 0 Å². The highest BCUT2D eigenvalue weighted by atomic mass is 32.2. The summed E-state index contributed by atoms with van der Waals surface area (Å²) in [6.45, 7) is 2.01. The van der Waals surface area contributed by atoms with Crippen LogP contribution >= 0.6 is 23.1 Å². The number of fused-ring (bicyclic) bond motifs is 1. The highest BCUT2D eigenvalue weighted by Gasteiger charge is 2.19. The highest BCUT2D eigenvalue weighted by Crippen LogP contribution is 2.32. The summed E-state index contributed by atoms with van der Waals surface area (Å²) in [5.74, 6) is 0.587. The Balaban J connectivity index is 1.81. The Hall–Kier alpha value is -1.42. The number of sulfonamides is 1. The average Bonchev–Trinajstić information content (AvgIpc) is 2.82. The van der Waals surface area contributed by atoms with E-state index < -0.39 is 10.0 Å². The van der Waals surface area contributed by atoms with E-state index in [1.165, 1.54) is 29.2 Å². The highest BCUT2D eigenvalue weighted by molar-refractivity contribution is 7.99. The van der Waals surface area contributed by atoms with Crippen molar-refractivity contribution >= 4 is 44.7 Å². The molecule has 0 fully saturated rings. The molecule has 2 N–H and O–H groups in total. The number of hydrogen-bond acceptors (Lipinski definition) is 6. The van der Waals surface area contributed by atoms with Crippen LogP contribution < -0.4 is 10.0 Å². The lowest BCUT2D eigenvalue weighted by molar-refractivity contribution is -0.115. The monoisotopic (exact) mass is 369 g/mol. The zero-order chi connectivity index (χ0) is 16.4. The number of thiazole rings is 1. The van der Waals surface area contributed by atoms with E-state index in [-0.39, 0.29) is 17.3 Å². The third kappa shape index (κ3) is 3.92. The van der Waals surface area contributed by atoms with Crippen LogP contribution in [0.2, 0.25) is 0 Å². The van der Waals surface area contributed by atoms with Crippen LogP contribution in [-0.2, 0) is 21.4 Å². The molecule has 0 radical (unpaired) electrons. The molecule has 0 bridgehead atoms. The van der Waals surface area contributed by atoms with Gasteiger partial charge < -0.3 is 5.32 Å². The Morgan fingerprint density at radius 3 is 2.96 bits per heavy atom. The first-order chi connectivity index (χ1) is 10.9. The molecule has 0 unspecified atom stereocenters. The largest absolute Gasteiger partial charge is 0.325 e. The second kappa shape index (κ2) is 6.60. The molecule has 9 heteroatoms. The molecule has 1 aliphatic rings. The fourth-order valence-electron chi connectivity index (χ4n) is 2.09. The van der Waals surface area contributed by atoms with Crippen molar-refractivity contribution in [3.63, 3.8) is 0 Å². The Morgan fingerprint density at radius 2 is 2.22 bits per heavy atom. The molecule has 0 saturated heterocycles. The lowest BCUT2D eigenvalue weighted by atomic mass is 10.3. The third-order valence-corrected chi connectivity index (χ3v) is 6.64. The molecule has 6 nitrogen and oxygen atoms in total. The normalized spacial score (nSPS) is 14.9. The van der Waals surface area contributed by atoms with E-state index in [0.717, 1.165) is 10.6 Å². The number of benzene rings is 1. The number of hydrogen-bond donors (Lipinski definition) is 2. The van der Waals surface area contributed by atoms with Crippen LogP contribution in [0.15, 0.2) is 33.4 Å². The van der Waals surface area contributed by atoms with Crippen LogP contribution in [0, 0.1) is 6.92 Å². The molecular weight excluding hydrogens is 354 g/mol. The quantitative estimate of drug-likeness (QED) is 0.864. The second-order valence-electron chi connectivity index (χ2n) is 5.01. The summed E-state index contributed by atoms with van der Waals surface area (Å²) in [6.07, 6.45) is 0.420. The summed E-state index contributed by atoms with van der Waals surface area (Å²) in [5, 5.41) is 5.34. The molecule has 0 atom stereocenters. The van der Waals surface area contributed by atoms with E-state index in [2.05, 4.69) is 15.0 Å². The van der Waals surface area contributed by atoms with E-state index in [9.17, 15) is 13.2 Å². The van der Waals surface area contributed by atoms with Gasteiger partial charge in [0.1, 0.15) is 5.01 Å². The van der Waals surface area contributed by atoms with Crippen molar-refractivity contribution in [2.75, 3.05) is 11.1 Å². The maximum Gasteiger partial charge on any atom is 0.241 e. The van der Waals surface area contributed by atoms with Gasteiger partial charge in [0.05, 0.1) is 17.1 Å². The number of anilines is 1. The van der Waals surface area contributed by atoms with Gasteiger partial charge in [-0.2, -0.15) is 0 Å². The maximum atomic E-state index is 12.4. The van der Waals surface area contributed by atoms with Crippen molar-refractivity contribution < 1.29 is 13.2 Å². The number of aryl methyl sites for hydroxylation is 1. The van der Waals surface area contributed by atoms with Crippen LogP contribution in [0.1, 0.15) is 17.1 Å². The molecule has 0 aliphatic carbocycles. The van der Waals surface area contributed by atoms with Gasteiger partial charge in [0.2, 0.25) is 15.9 Å². The molecule has 3 rings (SSSR count). The SMILES string of the molecule is Cc1csc(CNS(=O)(=O)c2ccc3c(c2)NC(=O)CCS3)n1. The van der Waals surface area contributed by atoms with E-state index in [4.69, 9.17) is 0 Å². The van der Waals surface area contributed by atoms with Crippen LogP contribution in [0.4, 0.5) is 5.69 Å². The zero-order valence-electron chi connectivity index (χ0n) is 12.3. The smallest absolute Gasteiger partial charge is 0.241 e. The van der Waals surface area contributed by atoms with Gasteiger partial charge in [-0.05, 0) is 25.1 Å². The minimum absolute atomic E-state index is 0.1000. The number of aromatic nitrogens is 1. The summed E-state index contributed by atoms with van der Waals surface area (Å²) in [7, 11) is -3.66. The first-order valence-corrected chi connectivity index (χ1v) is 10.3. The second-order valence-corrected chi connectivity index (χ2v) is 8.86. The van der Waals surface area contributed by atoms with Gasteiger partial charge in [0.15, 0.2) is 0 Å². The van der Waals surface area contributed by atoms with Crippen molar-refractivity contribution in [3.05, 3.63) is 34.3 Å². The minimum atomic E-state index is -3.66. The minimum Gasteiger partial charge on any atom is -0.325 e. The number of nitrogens with one attached hydrogen (secondary N) is 2. The fraction of sp³-hybridized carbons (Fsp3) is 0.286. The zero-order valence-corrected chi connectivity index (χ0v) is 14.8. The predicted octanol–water partition coefficient (Wildman–Crippen LogP) is 2.36. The first-order valence-electron chi connectivity index (χ1n) is 6.91. The van der Waals surface area contributed by atoms with Crippen molar-refractivity contribution in [2.24, 2.45) is 0 Å². The van der Waals surface area contributed by atoms with Crippen molar-refractivity contribution in [3.8, 4) is 0 Å². The molecule has 2 heterocycles. The standard InChI is InChI=1S/C14H15N3O3S3/c1-9-8-22-14(16-9)7-15-23(19,20)10-2-3-12-11(6-10)17-13(18)4-5-21-12/h2-3,6,8,15H,4-5,7H2,1H3,(H,17,18). The molecule has 0 spiro atoms. The number of thioether (sulfide) groups is 1. The van der Waals surface area contributed by atoms with Crippen LogP contribution in [0.3, 0.4) is 0 Å². The molecule has 1 aliphatic heterocycles. The summed E-state index contributed by atoms with van der Waals surface area (Å²) in [5.41, 5.74) is 1.42. The molecule has 1 amide bonds. The number of carbonyl (C=O) groups is 1. The molecule has 1 aromatic heterocycles. The molecule has 2 aromatic rings. The summed E-state index contributed by atoms with van der Waals surface area (Å²) in [4.78, 5) is 16.9. The van der Waals surface area contributed by atoms with Gasteiger partial charge in [-0.1, -0.05) is 0 Å². The van der Waals surface area contributed by atoms with Gasteiger partial charge in [-0.25, -0.2) is 18.1 Å². The van der Waals surface area contributed by atoms with E-state index in [0.29, 0.717) is 22.9 Å². The van der Waals surface area contributed by atoms with Gasteiger partial charge in [0.25, 0.3) is 0 Å². The first kappa shape index (κ1) is 16.4. The van der Waals surface area contributed by atoms with Gasteiger partial charge >= 0.3 is 0 Å². The van der Waals surface area contributed by atoms with E-state index in [1.807, 2.05) is 12.3 Å². The maximum absolute atomic E-state index is 12.4. The van der Waals surface area contributed by atoms with Crippen LogP contribution in [0.25, 0.3) is 0 Å². The summed E-state index contributed by atoms with van der Waals surface area (Å²) >= 11 is 2.95. The topological polar surface area (TPSA) is 88.2 Å². The Kier molecular flexibility index (Phi) is 4.72. The number of carbonyl (C=O) groups excluding carboxylic acids is 1. The number of amides is 1. The van der Waals surface area contributed by atoms with Gasteiger partial charge in [-0.15, -0.1) is 23.1 Å². The lowest BCUT2D eigenvalue weighted by Crippen LogP contribution is -2.23. The Labute approximate surface area is 142 Å². The van der Waals surface area contributed by atoms with Crippen molar-refractivity contribution in [1.82, 2.24) is 9.71 Å². The lowest BCUT2D eigenvalue weighted by Gasteiger charge is -2.10. The van der Waals surface area contributed by atoms with E-state index in [1.54, 1.807) is 12.1 Å². The average molecular weight is 369 g/mol.